The Balaban J connectivity index is 2.16. The SMILES string of the molecule is NC1CNNC1c1ccc[nH]1. The van der Waals surface area contributed by atoms with Gasteiger partial charge in [-0.05, 0) is 12.1 Å². The Kier molecular flexibility index (Phi) is 1.65. The van der Waals surface area contributed by atoms with Crippen molar-refractivity contribution in [3.63, 3.8) is 0 Å². The summed E-state index contributed by atoms with van der Waals surface area (Å²) in [6.45, 7) is 0.823. The summed E-state index contributed by atoms with van der Waals surface area (Å²) >= 11 is 0. The molecule has 0 aliphatic carbocycles. The van der Waals surface area contributed by atoms with Gasteiger partial charge in [0.15, 0.2) is 0 Å². The van der Waals surface area contributed by atoms with Crippen LogP contribution >= 0.6 is 0 Å². The topological polar surface area (TPSA) is 65.9 Å². The zero-order valence-corrected chi connectivity index (χ0v) is 6.17. The van der Waals surface area contributed by atoms with Crippen LogP contribution in [0.1, 0.15) is 11.7 Å². The molecule has 5 N–H and O–H groups in total. The minimum atomic E-state index is 0.161. The van der Waals surface area contributed by atoms with Gasteiger partial charge in [0.1, 0.15) is 0 Å². The quantitative estimate of drug-likeness (QED) is 0.438. The van der Waals surface area contributed by atoms with Crippen molar-refractivity contribution in [3.8, 4) is 0 Å². The smallest absolute Gasteiger partial charge is 0.0775 e. The van der Waals surface area contributed by atoms with Gasteiger partial charge in [0, 0.05) is 24.5 Å². The third-order valence-electron chi connectivity index (χ3n) is 1.98. The Hall–Kier alpha value is -0.840. The van der Waals surface area contributed by atoms with Crippen LogP contribution in [0, 0.1) is 0 Å². The molecule has 1 aromatic heterocycles. The molecule has 1 aliphatic heterocycles. The average Bonchev–Trinajstić information content (AvgIpc) is 2.55. The number of aromatic nitrogens is 1. The lowest BCUT2D eigenvalue weighted by Gasteiger charge is -2.11. The monoisotopic (exact) mass is 152 g/mol. The van der Waals surface area contributed by atoms with E-state index in [-0.39, 0.29) is 12.1 Å². The molecule has 2 rings (SSSR count). The molecule has 4 nitrogen and oxygen atoms in total. The van der Waals surface area contributed by atoms with Crippen LogP contribution in [-0.4, -0.2) is 17.6 Å². The Morgan fingerprint density at radius 1 is 1.55 bits per heavy atom. The van der Waals surface area contributed by atoms with Crippen LogP contribution in [0.3, 0.4) is 0 Å². The Labute approximate surface area is 65.1 Å². The summed E-state index contributed by atoms with van der Waals surface area (Å²) in [7, 11) is 0. The van der Waals surface area contributed by atoms with Crippen LogP contribution in [0.25, 0.3) is 0 Å². The van der Waals surface area contributed by atoms with E-state index in [2.05, 4.69) is 15.8 Å². The first-order valence-electron chi connectivity index (χ1n) is 3.75. The van der Waals surface area contributed by atoms with E-state index in [0.717, 1.165) is 12.2 Å². The summed E-state index contributed by atoms with van der Waals surface area (Å²) in [5.74, 6) is 0. The third kappa shape index (κ3) is 1.16. The fourth-order valence-corrected chi connectivity index (χ4v) is 1.36. The lowest BCUT2D eigenvalue weighted by atomic mass is 10.1. The zero-order chi connectivity index (χ0) is 7.68. The third-order valence-corrected chi connectivity index (χ3v) is 1.98. The van der Waals surface area contributed by atoms with Crippen molar-refractivity contribution in [2.75, 3.05) is 6.54 Å². The summed E-state index contributed by atoms with van der Waals surface area (Å²) in [5, 5.41) is 0. The first kappa shape index (κ1) is 6.84. The van der Waals surface area contributed by atoms with Gasteiger partial charge < -0.3 is 10.7 Å². The van der Waals surface area contributed by atoms with Crippen molar-refractivity contribution in [3.05, 3.63) is 24.0 Å². The van der Waals surface area contributed by atoms with Crippen LogP contribution < -0.4 is 16.6 Å². The minimum absolute atomic E-state index is 0.161. The maximum absolute atomic E-state index is 5.83. The molecule has 0 amide bonds. The standard InChI is InChI=1S/C7H12N4/c8-5-4-10-11-7(5)6-2-1-3-9-6/h1-3,5,7,9-11H,4,8H2. The molecule has 60 valence electrons. The number of hydrazine groups is 1. The molecule has 0 radical (unpaired) electrons. The summed E-state index contributed by atoms with van der Waals surface area (Å²) < 4.78 is 0. The lowest BCUT2D eigenvalue weighted by Crippen LogP contribution is -2.30. The van der Waals surface area contributed by atoms with Gasteiger partial charge in [-0.15, -0.1) is 0 Å². The number of nitrogens with one attached hydrogen (secondary N) is 3. The van der Waals surface area contributed by atoms with Gasteiger partial charge in [-0.2, -0.15) is 0 Å². The maximum Gasteiger partial charge on any atom is 0.0775 e. The number of H-pyrrole nitrogens is 1. The van der Waals surface area contributed by atoms with Crippen molar-refractivity contribution in [2.45, 2.75) is 12.1 Å². The normalized spacial score (nSPS) is 31.0. The molecule has 2 atom stereocenters. The van der Waals surface area contributed by atoms with Gasteiger partial charge in [-0.1, -0.05) is 0 Å². The highest BCUT2D eigenvalue weighted by atomic mass is 15.4. The molecule has 2 unspecified atom stereocenters. The minimum Gasteiger partial charge on any atom is -0.364 e. The van der Waals surface area contributed by atoms with Gasteiger partial charge >= 0.3 is 0 Å². The van der Waals surface area contributed by atoms with Crippen molar-refractivity contribution >= 4 is 0 Å². The van der Waals surface area contributed by atoms with E-state index in [1.54, 1.807) is 0 Å². The molecule has 1 aliphatic rings. The predicted octanol–water partition coefficient (Wildman–Crippen LogP) is -0.509. The first-order chi connectivity index (χ1) is 5.38. The molecule has 0 bridgehead atoms. The number of nitrogens with two attached hydrogens (primary N) is 1. The van der Waals surface area contributed by atoms with Crippen molar-refractivity contribution < 1.29 is 0 Å². The zero-order valence-electron chi connectivity index (χ0n) is 6.17. The van der Waals surface area contributed by atoms with Crippen LogP contribution in [-0.2, 0) is 0 Å². The van der Waals surface area contributed by atoms with Gasteiger partial charge in [-0.25, -0.2) is 5.43 Å². The molecule has 0 spiro atoms. The second-order valence-corrected chi connectivity index (χ2v) is 2.79. The van der Waals surface area contributed by atoms with Crippen LogP contribution in [0.5, 0.6) is 0 Å². The van der Waals surface area contributed by atoms with E-state index in [4.69, 9.17) is 5.73 Å². The molecule has 1 saturated heterocycles. The van der Waals surface area contributed by atoms with Gasteiger partial charge in [0.2, 0.25) is 0 Å². The number of hydrogen-bond acceptors (Lipinski definition) is 3. The fraction of sp³-hybridized carbons (Fsp3) is 0.429. The van der Waals surface area contributed by atoms with E-state index >= 15 is 0 Å². The highest BCUT2D eigenvalue weighted by molar-refractivity contribution is 5.12. The number of rotatable bonds is 1. The van der Waals surface area contributed by atoms with E-state index < -0.39 is 0 Å². The van der Waals surface area contributed by atoms with E-state index in [9.17, 15) is 0 Å². The van der Waals surface area contributed by atoms with Crippen molar-refractivity contribution in [1.82, 2.24) is 15.8 Å². The van der Waals surface area contributed by atoms with Crippen LogP contribution in [0.4, 0.5) is 0 Å². The lowest BCUT2D eigenvalue weighted by molar-refractivity contribution is 0.540. The Morgan fingerprint density at radius 2 is 2.45 bits per heavy atom. The summed E-state index contributed by atoms with van der Waals surface area (Å²) in [6, 6.07) is 4.39. The molecule has 1 fully saturated rings. The van der Waals surface area contributed by atoms with E-state index in [0.29, 0.717) is 0 Å². The highest BCUT2D eigenvalue weighted by Gasteiger charge is 2.24. The fourth-order valence-electron chi connectivity index (χ4n) is 1.36. The molecule has 0 aromatic carbocycles. The Morgan fingerprint density at radius 3 is 3.00 bits per heavy atom. The van der Waals surface area contributed by atoms with Gasteiger partial charge in [0.05, 0.1) is 6.04 Å². The predicted molar refractivity (Wildman–Crippen MR) is 42.6 cm³/mol. The van der Waals surface area contributed by atoms with E-state index in [1.807, 2.05) is 18.3 Å². The average molecular weight is 152 g/mol. The molecular weight excluding hydrogens is 140 g/mol. The molecule has 4 heteroatoms. The second-order valence-electron chi connectivity index (χ2n) is 2.79. The highest BCUT2D eigenvalue weighted by Crippen LogP contribution is 2.14. The second kappa shape index (κ2) is 2.65. The van der Waals surface area contributed by atoms with Gasteiger partial charge in [0.25, 0.3) is 0 Å². The summed E-state index contributed by atoms with van der Waals surface area (Å²) in [4.78, 5) is 3.13. The maximum atomic E-state index is 5.83. The number of aromatic amines is 1. The summed E-state index contributed by atoms with van der Waals surface area (Å²) in [6.07, 6.45) is 1.90. The molecule has 11 heavy (non-hydrogen) atoms. The molecule has 0 saturated carbocycles. The van der Waals surface area contributed by atoms with Crippen LogP contribution in [0.2, 0.25) is 0 Å². The Bertz CT molecular complexity index is 218. The molecule has 2 heterocycles. The van der Waals surface area contributed by atoms with Crippen LogP contribution in [0.15, 0.2) is 18.3 Å². The van der Waals surface area contributed by atoms with E-state index in [1.165, 1.54) is 0 Å². The van der Waals surface area contributed by atoms with Gasteiger partial charge in [-0.3, -0.25) is 5.43 Å². The van der Waals surface area contributed by atoms with Crippen molar-refractivity contribution in [1.29, 1.82) is 0 Å². The molecular formula is C7H12N4. The summed E-state index contributed by atoms with van der Waals surface area (Å²) in [5.41, 5.74) is 13.1. The van der Waals surface area contributed by atoms with Crippen molar-refractivity contribution in [2.24, 2.45) is 5.73 Å². The largest absolute Gasteiger partial charge is 0.364 e. The molecule has 1 aromatic rings. The number of hydrogen-bond donors (Lipinski definition) is 4. The first-order valence-corrected chi connectivity index (χ1v) is 3.75.